The van der Waals surface area contributed by atoms with E-state index in [9.17, 15) is 19.5 Å². The molecule has 2 amide bonds. The summed E-state index contributed by atoms with van der Waals surface area (Å²) in [6.45, 7) is 1.52. The molecule has 0 aliphatic heterocycles. The van der Waals surface area contributed by atoms with E-state index >= 15 is 0 Å². The molecule has 1 aromatic rings. The van der Waals surface area contributed by atoms with Gasteiger partial charge in [0.15, 0.2) is 0 Å². The van der Waals surface area contributed by atoms with Crippen LogP contribution in [-0.4, -0.2) is 53.0 Å². The number of carbonyl (C=O) groups excluding carboxylic acids is 2. The molecule has 0 bridgehead atoms. The Balaban J connectivity index is 2.78. The summed E-state index contributed by atoms with van der Waals surface area (Å²) in [6, 6.07) is 6.41. The molecule has 0 heterocycles. The predicted octanol–water partition coefficient (Wildman–Crippen LogP) is 0.384. The number of hydrogen-bond acceptors (Lipinski definition) is 5. The quantitative estimate of drug-likeness (QED) is 0.474. The van der Waals surface area contributed by atoms with Crippen LogP contribution < -0.4 is 16.4 Å². The van der Waals surface area contributed by atoms with E-state index in [1.165, 1.54) is 18.7 Å². The fourth-order valence-electron chi connectivity index (χ4n) is 2.13. The average Bonchev–Trinajstić information content (AvgIpc) is 2.58. The second kappa shape index (κ2) is 10.7. The van der Waals surface area contributed by atoms with Crippen molar-refractivity contribution in [1.29, 1.82) is 0 Å². The molecule has 3 atom stereocenters. The van der Waals surface area contributed by atoms with Gasteiger partial charge in [-0.05, 0) is 30.9 Å². The molecule has 0 unspecified atom stereocenters. The van der Waals surface area contributed by atoms with Crippen molar-refractivity contribution in [2.45, 2.75) is 37.9 Å². The van der Waals surface area contributed by atoms with Gasteiger partial charge in [0.05, 0.1) is 6.04 Å². The van der Waals surface area contributed by atoms with Crippen molar-refractivity contribution in [3.63, 3.8) is 0 Å². The summed E-state index contributed by atoms with van der Waals surface area (Å²) in [5.41, 5.74) is 6.32. The molecule has 0 aromatic heterocycles. The molecule has 0 saturated carbocycles. The van der Waals surface area contributed by atoms with E-state index in [1.54, 1.807) is 24.3 Å². The van der Waals surface area contributed by atoms with E-state index in [0.29, 0.717) is 12.2 Å². The number of carboxylic acids is 1. The summed E-state index contributed by atoms with van der Waals surface area (Å²) in [5, 5.41) is 14.5. The molecule has 0 spiro atoms. The third kappa shape index (κ3) is 7.57. The Kier molecular flexibility index (Phi) is 9.01. The third-order valence-corrected chi connectivity index (χ3v) is 4.20. The Bertz CT molecular complexity index is 581. The zero-order chi connectivity index (χ0) is 18.8. The number of carboxylic acid groups (broad SMARTS) is 1. The smallest absolute Gasteiger partial charge is 0.326 e. The van der Waals surface area contributed by atoms with E-state index in [2.05, 4.69) is 10.6 Å². The van der Waals surface area contributed by atoms with Crippen molar-refractivity contribution in [3.8, 4) is 0 Å². The first-order valence-corrected chi connectivity index (χ1v) is 9.36. The lowest BCUT2D eigenvalue weighted by atomic mass is 10.1. The van der Waals surface area contributed by atoms with Crippen LogP contribution in [0.3, 0.4) is 0 Å². The number of amides is 2. The summed E-state index contributed by atoms with van der Waals surface area (Å²) in [5.74, 6) is -1.45. The summed E-state index contributed by atoms with van der Waals surface area (Å²) >= 11 is 1.53. The van der Waals surface area contributed by atoms with Gasteiger partial charge in [-0.15, -0.1) is 0 Å². The van der Waals surface area contributed by atoms with Gasteiger partial charge in [0.1, 0.15) is 12.1 Å². The monoisotopic (exact) mass is 367 g/mol. The fraction of sp³-hybridized carbons (Fsp3) is 0.471. The normalized spacial score (nSPS) is 14.2. The third-order valence-electron chi connectivity index (χ3n) is 3.55. The maximum Gasteiger partial charge on any atom is 0.326 e. The number of thioether (sulfide) groups is 1. The van der Waals surface area contributed by atoms with Gasteiger partial charge >= 0.3 is 5.97 Å². The minimum atomic E-state index is -1.13. The molecule has 138 valence electrons. The summed E-state index contributed by atoms with van der Waals surface area (Å²) in [7, 11) is 0. The zero-order valence-electron chi connectivity index (χ0n) is 14.4. The highest BCUT2D eigenvalue weighted by Crippen LogP contribution is 2.06. The highest BCUT2D eigenvalue weighted by Gasteiger charge is 2.27. The minimum Gasteiger partial charge on any atom is -0.480 e. The summed E-state index contributed by atoms with van der Waals surface area (Å²) in [4.78, 5) is 35.7. The highest BCUT2D eigenvalue weighted by molar-refractivity contribution is 7.98. The molecule has 0 saturated heterocycles. The lowest BCUT2D eigenvalue weighted by Crippen LogP contribution is -2.54. The molecular weight excluding hydrogens is 342 g/mol. The number of carbonyl (C=O) groups is 3. The number of hydrogen-bond donors (Lipinski definition) is 4. The first kappa shape index (κ1) is 21.0. The molecule has 5 N–H and O–H groups in total. The molecule has 0 aliphatic carbocycles. The molecular formula is C17H25N3O4S. The first-order chi connectivity index (χ1) is 11.8. The molecule has 0 fully saturated rings. The van der Waals surface area contributed by atoms with Crippen molar-refractivity contribution in [2.75, 3.05) is 12.0 Å². The van der Waals surface area contributed by atoms with Crippen molar-refractivity contribution in [2.24, 2.45) is 5.73 Å². The van der Waals surface area contributed by atoms with E-state index in [0.717, 1.165) is 5.56 Å². The molecule has 0 aliphatic rings. The van der Waals surface area contributed by atoms with Crippen LogP contribution in [0.25, 0.3) is 0 Å². The van der Waals surface area contributed by atoms with Crippen molar-refractivity contribution < 1.29 is 19.5 Å². The zero-order valence-corrected chi connectivity index (χ0v) is 15.2. The van der Waals surface area contributed by atoms with Crippen LogP contribution in [0.5, 0.6) is 0 Å². The average molecular weight is 367 g/mol. The molecule has 25 heavy (non-hydrogen) atoms. The van der Waals surface area contributed by atoms with Crippen LogP contribution in [0.4, 0.5) is 0 Å². The Morgan fingerprint density at radius 1 is 1.12 bits per heavy atom. The fourth-order valence-corrected chi connectivity index (χ4v) is 2.60. The number of aliphatic carboxylic acids is 1. The van der Waals surface area contributed by atoms with Crippen LogP contribution in [0.1, 0.15) is 18.9 Å². The van der Waals surface area contributed by atoms with Crippen LogP contribution in [0.15, 0.2) is 30.3 Å². The van der Waals surface area contributed by atoms with Crippen LogP contribution in [0.2, 0.25) is 0 Å². The lowest BCUT2D eigenvalue weighted by molar-refractivity contribution is -0.142. The van der Waals surface area contributed by atoms with Gasteiger partial charge in [0.2, 0.25) is 11.8 Å². The van der Waals surface area contributed by atoms with Gasteiger partial charge in [-0.2, -0.15) is 11.8 Å². The van der Waals surface area contributed by atoms with Crippen molar-refractivity contribution in [3.05, 3.63) is 35.9 Å². The molecule has 0 radical (unpaired) electrons. The Hall–Kier alpha value is -2.06. The highest BCUT2D eigenvalue weighted by atomic mass is 32.2. The first-order valence-electron chi connectivity index (χ1n) is 7.97. The van der Waals surface area contributed by atoms with Crippen LogP contribution >= 0.6 is 11.8 Å². The van der Waals surface area contributed by atoms with E-state index in [4.69, 9.17) is 5.73 Å². The van der Waals surface area contributed by atoms with Gasteiger partial charge in [-0.25, -0.2) is 4.79 Å². The number of benzene rings is 1. The second-order valence-electron chi connectivity index (χ2n) is 5.72. The van der Waals surface area contributed by atoms with Gasteiger partial charge in [0, 0.05) is 6.42 Å². The summed E-state index contributed by atoms with van der Waals surface area (Å²) in [6.07, 6.45) is 2.44. The second-order valence-corrected chi connectivity index (χ2v) is 6.71. The maximum absolute atomic E-state index is 12.5. The summed E-state index contributed by atoms with van der Waals surface area (Å²) < 4.78 is 0. The standard InChI is InChI=1S/C17H25N3O4S/c1-11(18)15(21)19-13(8-9-25-2)16(22)20-14(17(23)24)10-12-6-4-3-5-7-12/h3-7,11,13-14H,8-10,18H2,1-2H3,(H,19,21)(H,20,22)(H,23,24)/t11-,13-,14-/m0/s1. The maximum atomic E-state index is 12.5. The predicted molar refractivity (Wildman–Crippen MR) is 98.3 cm³/mol. The Morgan fingerprint density at radius 2 is 1.72 bits per heavy atom. The van der Waals surface area contributed by atoms with Crippen LogP contribution in [0, 0.1) is 0 Å². The van der Waals surface area contributed by atoms with E-state index in [-0.39, 0.29) is 6.42 Å². The molecule has 8 heteroatoms. The van der Waals surface area contributed by atoms with Crippen LogP contribution in [-0.2, 0) is 20.8 Å². The van der Waals surface area contributed by atoms with E-state index < -0.39 is 35.9 Å². The topological polar surface area (TPSA) is 122 Å². The minimum absolute atomic E-state index is 0.165. The molecule has 7 nitrogen and oxygen atoms in total. The SMILES string of the molecule is CSCC[C@H](NC(=O)[C@H](C)N)C(=O)N[C@@H](Cc1ccccc1)C(=O)O. The van der Waals surface area contributed by atoms with Gasteiger partial charge in [-0.3, -0.25) is 9.59 Å². The van der Waals surface area contributed by atoms with Gasteiger partial charge in [-0.1, -0.05) is 30.3 Å². The number of rotatable bonds is 10. The molecule has 1 rings (SSSR count). The Morgan fingerprint density at radius 3 is 2.24 bits per heavy atom. The van der Waals surface area contributed by atoms with Crippen molar-refractivity contribution in [1.82, 2.24) is 10.6 Å². The van der Waals surface area contributed by atoms with Gasteiger partial charge in [0.25, 0.3) is 0 Å². The van der Waals surface area contributed by atoms with Gasteiger partial charge < -0.3 is 21.5 Å². The largest absolute Gasteiger partial charge is 0.480 e. The van der Waals surface area contributed by atoms with Crippen molar-refractivity contribution >= 4 is 29.5 Å². The number of nitrogens with two attached hydrogens (primary N) is 1. The molecule has 1 aromatic carbocycles. The lowest BCUT2D eigenvalue weighted by Gasteiger charge is -2.22. The Labute approximate surface area is 151 Å². The van der Waals surface area contributed by atoms with E-state index in [1.807, 2.05) is 12.3 Å². The number of nitrogens with one attached hydrogen (secondary N) is 2.